The molecule has 4 heteroatoms. The first-order chi connectivity index (χ1) is 11.1. The monoisotopic (exact) mass is 315 g/mol. The number of morpholine rings is 1. The SMILES string of the molecule is Cc1cc(F)ccc1C(O)CN1CCOC(c2ccccc2)C1. The summed E-state index contributed by atoms with van der Waals surface area (Å²) in [5, 5.41) is 10.5. The summed E-state index contributed by atoms with van der Waals surface area (Å²) in [6.07, 6.45) is -0.586. The molecule has 1 N–H and O–H groups in total. The normalized spacial score (nSPS) is 20.4. The lowest BCUT2D eigenvalue weighted by molar-refractivity contribution is -0.0424. The Morgan fingerprint density at radius 2 is 2.04 bits per heavy atom. The van der Waals surface area contributed by atoms with E-state index in [0.29, 0.717) is 13.2 Å². The minimum absolute atomic E-state index is 0.0338. The van der Waals surface area contributed by atoms with E-state index in [-0.39, 0.29) is 11.9 Å². The first kappa shape index (κ1) is 16.1. The van der Waals surface area contributed by atoms with Gasteiger partial charge in [0.2, 0.25) is 0 Å². The molecule has 0 amide bonds. The van der Waals surface area contributed by atoms with Crippen LogP contribution in [0.5, 0.6) is 0 Å². The fourth-order valence-electron chi connectivity index (χ4n) is 3.09. The highest BCUT2D eigenvalue weighted by atomic mass is 19.1. The van der Waals surface area contributed by atoms with Crippen LogP contribution < -0.4 is 0 Å². The van der Waals surface area contributed by atoms with Crippen molar-refractivity contribution < 1.29 is 14.2 Å². The molecule has 1 aliphatic rings. The quantitative estimate of drug-likeness (QED) is 0.940. The topological polar surface area (TPSA) is 32.7 Å². The van der Waals surface area contributed by atoms with E-state index >= 15 is 0 Å². The number of aliphatic hydroxyl groups is 1. The van der Waals surface area contributed by atoms with Crippen LogP contribution in [0.3, 0.4) is 0 Å². The lowest BCUT2D eigenvalue weighted by Crippen LogP contribution is -2.40. The number of β-amino-alcohol motifs (C(OH)–C–C–N with tert-alkyl or cyclic N) is 1. The van der Waals surface area contributed by atoms with Crippen LogP contribution >= 0.6 is 0 Å². The lowest BCUT2D eigenvalue weighted by atomic mass is 10.0. The number of hydrogen-bond acceptors (Lipinski definition) is 3. The highest BCUT2D eigenvalue weighted by Gasteiger charge is 2.24. The van der Waals surface area contributed by atoms with Gasteiger partial charge < -0.3 is 9.84 Å². The van der Waals surface area contributed by atoms with Gasteiger partial charge in [-0.15, -0.1) is 0 Å². The van der Waals surface area contributed by atoms with Gasteiger partial charge in [0.25, 0.3) is 0 Å². The van der Waals surface area contributed by atoms with Gasteiger partial charge in [0.1, 0.15) is 5.82 Å². The molecule has 0 aromatic heterocycles. The van der Waals surface area contributed by atoms with Crippen LogP contribution in [-0.4, -0.2) is 36.2 Å². The summed E-state index contributed by atoms with van der Waals surface area (Å²) < 4.78 is 19.0. The second kappa shape index (κ2) is 7.21. The number of rotatable bonds is 4. The second-order valence-corrected chi connectivity index (χ2v) is 6.05. The molecule has 0 radical (unpaired) electrons. The van der Waals surface area contributed by atoms with Crippen molar-refractivity contribution in [3.63, 3.8) is 0 Å². The summed E-state index contributed by atoms with van der Waals surface area (Å²) >= 11 is 0. The Morgan fingerprint density at radius 1 is 1.26 bits per heavy atom. The van der Waals surface area contributed by atoms with Crippen molar-refractivity contribution in [3.05, 3.63) is 71.0 Å². The Morgan fingerprint density at radius 3 is 2.78 bits per heavy atom. The maximum Gasteiger partial charge on any atom is 0.123 e. The van der Waals surface area contributed by atoms with Gasteiger partial charge in [0, 0.05) is 19.6 Å². The van der Waals surface area contributed by atoms with Gasteiger partial charge in [-0.3, -0.25) is 4.90 Å². The smallest absolute Gasteiger partial charge is 0.123 e. The predicted molar refractivity (Wildman–Crippen MR) is 87.7 cm³/mol. The zero-order valence-electron chi connectivity index (χ0n) is 13.3. The molecule has 2 unspecified atom stereocenters. The highest BCUT2D eigenvalue weighted by molar-refractivity contribution is 5.28. The average molecular weight is 315 g/mol. The summed E-state index contributed by atoms with van der Waals surface area (Å²) in [6.45, 7) is 4.55. The molecule has 0 aliphatic carbocycles. The van der Waals surface area contributed by atoms with Gasteiger partial charge in [-0.1, -0.05) is 36.4 Å². The Bertz CT molecular complexity index is 647. The van der Waals surface area contributed by atoms with Gasteiger partial charge in [-0.05, 0) is 35.7 Å². The zero-order valence-corrected chi connectivity index (χ0v) is 13.3. The molecule has 1 aliphatic heterocycles. The summed E-state index contributed by atoms with van der Waals surface area (Å²) in [7, 11) is 0. The average Bonchev–Trinajstić information content (AvgIpc) is 2.56. The molecule has 23 heavy (non-hydrogen) atoms. The predicted octanol–water partition coefficient (Wildman–Crippen LogP) is 3.24. The van der Waals surface area contributed by atoms with Crippen molar-refractivity contribution in [1.82, 2.24) is 4.90 Å². The molecule has 0 saturated carbocycles. The number of nitrogens with zero attached hydrogens (tertiary/aromatic N) is 1. The van der Waals surface area contributed by atoms with Crippen LogP contribution in [0, 0.1) is 12.7 Å². The molecule has 1 heterocycles. The van der Waals surface area contributed by atoms with Crippen LogP contribution in [0.2, 0.25) is 0 Å². The van der Waals surface area contributed by atoms with Crippen molar-refractivity contribution in [1.29, 1.82) is 0 Å². The fraction of sp³-hybridized carbons (Fsp3) is 0.368. The first-order valence-corrected chi connectivity index (χ1v) is 7.96. The third-order valence-electron chi connectivity index (χ3n) is 4.34. The minimum Gasteiger partial charge on any atom is -0.387 e. The summed E-state index contributed by atoms with van der Waals surface area (Å²) in [4.78, 5) is 2.20. The van der Waals surface area contributed by atoms with E-state index in [1.807, 2.05) is 25.1 Å². The van der Waals surface area contributed by atoms with E-state index in [4.69, 9.17) is 4.74 Å². The van der Waals surface area contributed by atoms with Crippen molar-refractivity contribution in [2.24, 2.45) is 0 Å². The van der Waals surface area contributed by atoms with Gasteiger partial charge in [0.05, 0.1) is 18.8 Å². The summed E-state index contributed by atoms with van der Waals surface area (Å²) in [5.74, 6) is -0.269. The van der Waals surface area contributed by atoms with E-state index < -0.39 is 6.10 Å². The Labute approximate surface area is 136 Å². The van der Waals surface area contributed by atoms with Crippen LogP contribution in [0.4, 0.5) is 4.39 Å². The van der Waals surface area contributed by atoms with Gasteiger partial charge >= 0.3 is 0 Å². The number of aryl methyl sites for hydroxylation is 1. The van der Waals surface area contributed by atoms with Crippen LogP contribution in [0.15, 0.2) is 48.5 Å². The maximum absolute atomic E-state index is 13.2. The Hall–Kier alpha value is -1.75. The van der Waals surface area contributed by atoms with E-state index in [0.717, 1.165) is 29.8 Å². The highest BCUT2D eigenvalue weighted by Crippen LogP contribution is 2.25. The number of aliphatic hydroxyl groups excluding tert-OH is 1. The second-order valence-electron chi connectivity index (χ2n) is 6.05. The molecule has 3 nitrogen and oxygen atoms in total. The fourth-order valence-corrected chi connectivity index (χ4v) is 3.09. The van der Waals surface area contributed by atoms with E-state index in [1.165, 1.54) is 12.1 Å². The van der Waals surface area contributed by atoms with Crippen molar-refractivity contribution in [2.45, 2.75) is 19.1 Å². The Kier molecular flexibility index (Phi) is 5.06. The molecule has 2 aromatic carbocycles. The molecule has 3 rings (SSSR count). The van der Waals surface area contributed by atoms with E-state index in [9.17, 15) is 9.50 Å². The van der Waals surface area contributed by atoms with Crippen molar-refractivity contribution >= 4 is 0 Å². The third kappa shape index (κ3) is 3.96. The third-order valence-corrected chi connectivity index (χ3v) is 4.34. The molecule has 0 spiro atoms. The number of halogens is 1. The largest absolute Gasteiger partial charge is 0.387 e. The van der Waals surface area contributed by atoms with E-state index in [2.05, 4.69) is 17.0 Å². The molecule has 2 aromatic rings. The number of hydrogen-bond donors (Lipinski definition) is 1. The molecule has 1 fully saturated rings. The summed E-state index contributed by atoms with van der Waals surface area (Å²) in [6, 6.07) is 14.7. The van der Waals surface area contributed by atoms with Crippen LogP contribution in [0.25, 0.3) is 0 Å². The zero-order chi connectivity index (χ0) is 16.2. The maximum atomic E-state index is 13.2. The minimum atomic E-state index is -0.620. The van der Waals surface area contributed by atoms with Gasteiger partial charge in [-0.25, -0.2) is 4.39 Å². The van der Waals surface area contributed by atoms with Crippen LogP contribution in [0.1, 0.15) is 28.9 Å². The van der Waals surface area contributed by atoms with Crippen LogP contribution in [-0.2, 0) is 4.74 Å². The first-order valence-electron chi connectivity index (χ1n) is 7.96. The summed E-state index contributed by atoms with van der Waals surface area (Å²) in [5.41, 5.74) is 2.73. The molecular formula is C19H22FNO2. The van der Waals surface area contributed by atoms with Crippen molar-refractivity contribution in [2.75, 3.05) is 26.2 Å². The number of benzene rings is 2. The molecule has 0 bridgehead atoms. The van der Waals surface area contributed by atoms with E-state index in [1.54, 1.807) is 6.07 Å². The van der Waals surface area contributed by atoms with Gasteiger partial charge in [-0.2, -0.15) is 0 Å². The molecule has 2 atom stereocenters. The molecule has 1 saturated heterocycles. The molecular weight excluding hydrogens is 293 g/mol. The molecule has 122 valence electrons. The lowest BCUT2D eigenvalue weighted by Gasteiger charge is -2.34. The standard InChI is InChI=1S/C19H22FNO2/c1-14-11-16(20)7-8-17(14)18(22)12-21-9-10-23-19(13-21)15-5-3-2-4-6-15/h2-8,11,18-19,22H,9-10,12-13H2,1H3. The Balaban J connectivity index is 1.65. The van der Waals surface area contributed by atoms with Crippen molar-refractivity contribution in [3.8, 4) is 0 Å². The van der Waals surface area contributed by atoms with Gasteiger partial charge in [0.15, 0.2) is 0 Å². The number of ether oxygens (including phenoxy) is 1.